The third-order valence-corrected chi connectivity index (χ3v) is 6.15. The van der Waals surface area contributed by atoms with Crippen LogP contribution < -0.4 is 5.73 Å². The molecule has 0 spiro atoms. The Kier molecular flexibility index (Phi) is 3.44. The first-order chi connectivity index (χ1) is 13.8. The first-order valence-corrected chi connectivity index (χ1v) is 10.1. The molecule has 4 aromatic rings. The Morgan fingerprint density at radius 2 is 1.75 bits per heavy atom. The lowest BCUT2D eigenvalue weighted by molar-refractivity contribution is 0.713. The molecule has 2 N–H and O–H groups in total. The molecule has 2 aromatic heterocycles. The minimum absolute atomic E-state index is 0.168. The molecule has 28 heavy (non-hydrogen) atoms. The molecule has 2 aliphatic carbocycles. The quantitative estimate of drug-likeness (QED) is 0.562. The Hall–Kier alpha value is -2.98. The number of nitrogens with two attached hydrogens (primary N) is 1. The molecule has 0 amide bonds. The van der Waals surface area contributed by atoms with Crippen molar-refractivity contribution in [3.63, 3.8) is 0 Å². The lowest BCUT2D eigenvalue weighted by atomic mass is 10.0. The molecule has 4 nitrogen and oxygen atoms in total. The normalized spacial score (nSPS) is 18.5. The van der Waals surface area contributed by atoms with E-state index in [0.29, 0.717) is 5.92 Å². The van der Waals surface area contributed by atoms with E-state index in [9.17, 15) is 0 Å². The molecular formula is C24H22N4. The van der Waals surface area contributed by atoms with E-state index in [1.807, 2.05) is 16.8 Å². The number of benzene rings is 2. The number of aryl methyl sites for hydroxylation is 1. The predicted octanol–water partition coefficient (Wildman–Crippen LogP) is 4.89. The lowest BCUT2D eigenvalue weighted by Crippen LogP contribution is -2.04. The monoisotopic (exact) mass is 366 g/mol. The van der Waals surface area contributed by atoms with Crippen LogP contribution in [0.1, 0.15) is 47.9 Å². The summed E-state index contributed by atoms with van der Waals surface area (Å²) in [6, 6.07) is 19.4. The molecule has 0 saturated heterocycles. The number of nitrogens with zero attached hydrogens (tertiary/aromatic N) is 3. The summed E-state index contributed by atoms with van der Waals surface area (Å²) in [4.78, 5) is 5.13. The zero-order chi connectivity index (χ0) is 18.7. The highest BCUT2D eigenvalue weighted by Gasteiger charge is 2.29. The molecule has 6 rings (SSSR count). The molecule has 0 bridgehead atoms. The van der Waals surface area contributed by atoms with Crippen molar-refractivity contribution in [3.05, 3.63) is 77.5 Å². The fourth-order valence-electron chi connectivity index (χ4n) is 4.53. The first-order valence-electron chi connectivity index (χ1n) is 10.1. The predicted molar refractivity (Wildman–Crippen MR) is 111 cm³/mol. The van der Waals surface area contributed by atoms with Gasteiger partial charge in [0, 0.05) is 28.9 Å². The van der Waals surface area contributed by atoms with Gasteiger partial charge in [-0.3, -0.25) is 0 Å². The van der Waals surface area contributed by atoms with Crippen molar-refractivity contribution >= 4 is 5.65 Å². The lowest BCUT2D eigenvalue weighted by Gasteiger charge is -2.08. The summed E-state index contributed by atoms with van der Waals surface area (Å²) in [5.74, 6) is 0.627. The minimum Gasteiger partial charge on any atom is -0.324 e. The Morgan fingerprint density at radius 3 is 2.57 bits per heavy atom. The Labute approximate surface area is 164 Å². The van der Waals surface area contributed by atoms with Crippen LogP contribution in [0.5, 0.6) is 0 Å². The van der Waals surface area contributed by atoms with E-state index in [4.69, 9.17) is 15.8 Å². The molecule has 4 heteroatoms. The summed E-state index contributed by atoms with van der Waals surface area (Å²) in [6.45, 7) is 0. The molecule has 1 atom stereocenters. The summed E-state index contributed by atoms with van der Waals surface area (Å²) >= 11 is 0. The molecule has 0 aliphatic heterocycles. The van der Waals surface area contributed by atoms with Gasteiger partial charge in [0.05, 0.1) is 5.69 Å². The average Bonchev–Trinajstić information content (AvgIpc) is 3.41. The van der Waals surface area contributed by atoms with Crippen molar-refractivity contribution in [1.82, 2.24) is 14.6 Å². The van der Waals surface area contributed by atoms with Crippen LogP contribution in [0.2, 0.25) is 0 Å². The van der Waals surface area contributed by atoms with Crippen molar-refractivity contribution in [2.24, 2.45) is 5.73 Å². The topological polar surface area (TPSA) is 56.2 Å². The van der Waals surface area contributed by atoms with E-state index in [1.165, 1.54) is 29.5 Å². The van der Waals surface area contributed by atoms with Crippen molar-refractivity contribution in [1.29, 1.82) is 0 Å². The van der Waals surface area contributed by atoms with Crippen LogP contribution >= 0.6 is 0 Å². The zero-order valence-electron chi connectivity index (χ0n) is 15.7. The zero-order valence-corrected chi connectivity index (χ0v) is 15.7. The summed E-state index contributed by atoms with van der Waals surface area (Å²) in [7, 11) is 0. The van der Waals surface area contributed by atoms with Crippen LogP contribution in [0, 0.1) is 0 Å². The highest BCUT2D eigenvalue weighted by atomic mass is 15.3. The van der Waals surface area contributed by atoms with Crippen LogP contribution in [-0.4, -0.2) is 14.6 Å². The van der Waals surface area contributed by atoms with E-state index in [1.54, 1.807) is 0 Å². The van der Waals surface area contributed by atoms with Crippen molar-refractivity contribution in [2.45, 2.75) is 37.6 Å². The van der Waals surface area contributed by atoms with Gasteiger partial charge in [0.25, 0.3) is 0 Å². The number of rotatable bonds is 3. The van der Waals surface area contributed by atoms with Crippen molar-refractivity contribution < 1.29 is 0 Å². The molecule has 0 radical (unpaired) electrons. The molecular weight excluding hydrogens is 344 g/mol. The standard InChI is InChI=1S/C24H22N4/c25-21-11-9-17-14-18(8-10-19(17)21)22-23(16-4-2-1-3-5-16)28-24(27-22)20(12-13-26-28)15-6-7-15/h1-5,8,10,12-15,21H,6-7,9,11,25H2/t21-/m0/s1. The number of fused-ring (bicyclic) bond motifs is 2. The van der Waals surface area contributed by atoms with Crippen molar-refractivity contribution in [2.75, 3.05) is 0 Å². The third kappa shape index (κ3) is 2.41. The van der Waals surface area contributed by atoms with Gasteiger partial charge in [-0.05, 0) is 54.9 Å². The van der Waals surface area contributed by atoms with Crippen LogP contribution in [0.4, 0.5) is 0 Å². The third-order valence-electron chi connectivity index (χ3n) is 6.15. The van der Waals surface area contributed by atoms with Crippen LogP contribution in [0.25, 0.3) is 28.2 Å². The molecule has 2 aliphatic rings. The number of aromatic nitrogens is 3. The minimum atomic E-state index is 0.168. The molecule has 138 valence electrons. The second-order valence-corrected chi connectivity index (χ2v) is 8.03. The largest absolute Gasteiger partial charge is 0.324 e. The van der Waals surface area contributed by atoms with Gasteiger partial charge >= 0.3 is 0 Å². The maximum atomic E-state index is 6.25. The highest BCUT2D eigenvalue weighted by molar-refractivity contribution is 5.83. The van der Waals surface area contributed by atoms with E-state index in [0.717, 1.165) is 41.0 Å². The second-order valence-electron chi connectivity index (χ2n) is 8.03. The smallest absolute Gasteiger partial charge is 0.158 e. The SMILES string of the molecule is N[C@H]1CCc2cc(-c3nc4c(C5CC5)ccnn4c3-c3ccccc3)ccc21. The van der Waals surface area contributed by atoms with Gasteiger partial charge < -0.3 is 5.73 Å². The van der Waals surface area contributed by atoms with Crippen LogP contribution in [0.3, 0.4) is 0 Å². The van der Waals surface area contributed by atoms with Gasteiger partial charge in [-0.15, -0.1) is 0 Å². The van der Waals surface area contributed by atoms with Crippen LogP contribution in [0.15, 0.2) is 60.8 Å². The number of hydrogen-bond acceptors (Lipinski definition) is 3. The van der Waals surface area contributed by atoms with E-state index < -0.39 is 0 Å². The van der Waals surface area contributed by atoms with Gasteiger partial charge in [0.2, 0.25) is 0 Å². The van der Waals surface area contributed by atoms with E-state index in [2.05, 4.69) is 48.5 Å². The number of imidazole rings is 1. The van der Waals surface area contributed by atoms with Gasteiger partial charge in [-0.2, -0.15) is 5.10 Å². The second kappa shape index (κ2) is 6.01. The Morgan fingerprint density at radius 1 is 0.893 bits per heavy atom. The van der Waals surface area contributed by atoms with Gasteiger partial charge in [0.15, 0.2) is 5.65 Å². The summed E-state index contributed by atoms with van der Waals surface area (Å²) < 4.78 is 2.04. The maximum absolute atomic E-state index is 6.25. The fourth-order valence-corrected chi connectivity index (χ4v) is 4.53. The maximum Gasteiger partial charge on any atom is 0.158 e. The molecule has 2 heterocycles. The molecule has 2 aromatic carbocycles. The highest BCUT2D eigenvalue weighted by Crippen LogP contribution is 2.43. The van der Waals surface area contributed by atoms with Crippen molar-refractivity contribution in [3.8, 4) is 22.5 Å². The van der Waals surface area contributed by atoms with E-state index >= 15 is 0 Å². The van der Waals surface area contributed by atoms with E-state index in [-0.39, 0.29) is 6.04 Å². The summed E-state index contributed by atoms with van der Waals surface area (Å²) in [5, 5.41) is 4.69. The first kappa shape index (κ1) is 16.0. The summed E-state index contributed by atoms with van der Waals surface area (Å²) in [5.41, 5.74) is 15.6. The van der Waals surface area contributed by atoms with Gasteiger partial charge in [-0.1, -0.05) is 42.5 Å². The average molecular weight is 366 g/mol. The fraction of sp³-hybridized carbons (Fsp3) is 0.250. The molecule has 0 unspecified atom stereocenters. The molecule has 1 fully saturated rings. The Bertz CT molecular complexity index is 1190. The van der Waals surface area contributed by atoms with Gasteiger partial charge in [0.1, 0.15) is 5.69 Å². The van der Waals surface area contributed by atoms with Crippen LogP contribution in [-0.2, 0) is 6.42 Å². The summed E-state index contributed by atoms with van der Waals surface area (Å²) in [6.07, 6.45) is 6.49. The molecule has 1 saturated carbocycles. The van der Waals surface area contributed by atoms with Gasteiger partial charge in [-0.25, -0.2) is 9.50 Å². The number of hydrogen-bond donors (Lipinski definition) is 1. The Balaban J connectivity index is 1.63.